The van der Waals surface area contributed by atoms with Gasteiger partial charge in [-0.3, -0.25) is 0 Å². The summed E-state index contributed by atoms with van der Waals surface area (Å²) in [4.78, 5) is 14.7. The number of amides is 2. The van der Waals surface area contributed by atoms with E-state index in [0.29, 0.717) is 5.92 Å². The number of carbonyl (C=O) groups is 1. The number of urea groups is 1. The lowest BCUT2D eigenvalue weighted by molar-refractivity contribution is 0.201. The summed E-state index contributed by atoms with van der Waals surface area (Å²) in [6.45, 7) is 11.6. The van der Waals surface area contributed by atoms with E-state index in [1.165, 1.54) is 24.9 Å². The maximum Gasteiger partial charge on any atom is 0.319 e. The first-order chi connectivity index (χ1) is 11.3. The summed E-state index contributed by atoms with van der Waals surface area (Å²) in [5, 5.41) is 6.10. The second kappa shape index (κ2) is 8.02. The predicted octanol–water partition coefficient (Wildman–Crippen LogP) is 4.15. The molecule has 0 aromatic heterocycles. The zero-order valence-corrected chi connectivity index (χ0v) is 15.9. The molecule has 1 heterocycles. The highest BCUT2D eigenvalue weighted by Crippen LogP contribution is 2.31. The Kier molecular flexibility index (Phi) is 6.27. The van der Waals surface area contributed by atoms with Crippen LogP contribution in [0.25, 0.3) is 0 Å². The van der Waals surface area contributed by atoms with Gasteiger partial charge in [-0.2, -0.15) is 0 Å². The second-order valence-electron chi connectivity index (χ2n) is 8.19. The van der Waals surface area contributed by atoms with Crippen molar-refractivity contribution in [3.05, 3.63) is 29.3 Å². The smallest absolute Gasteiger partial charge is 0.319 e. The van der Waals surface area contributed by atoms with E-state index in [2.05, 4.69) is 55.5 Å². The van der Waals surface area contributed by atoms with Gasteiger partial charge in [0.2, 0.25) is 0 Å². The van der Waals surface area contributed by atoms with Crippen LogP contribution in [0, 0.1) is 12.8 Å². The van der Waals surface area contributed by atoms with Crippen LogP contribution in [0.3, 0.4) is 0 Å². The fraction of sp³-hybridized carbons (Fsp3) is 0.650. The van der Waals surface area contributed by atoms with Gasteiger partial charge < -0.3 is 15.5 Å². The maximum absolute atomic E-state index is 12.3. The van der Waals surface area contributed by atoms with Crippen molar-refractivity contribution >= 4 is 11.7 Å². The van der Waals surface area contributed by atoms with E-state index in [1.54, 1.807) is 0 Å². The number of nitrogens with one attached hydrogen (secondary N) is 2. The first-order valence-electron chi connectivity index (χ1n) is 9.11. The normalized spacial score (nSPS) is 19.1. The van der Waals surface area contributed by atoms with E-state index in [-0.39, 0.29) is 11.4 Å². The van der Waals surface area contributed by atoms with E-state index in [9.17, 15) is 4.79 Å². The molecule has 2 rings (SSSR count). The van der Waals surface area contributed by atoms with Gasteiger partial charge in [0.25, 0.3) is 0 Å². The Hall–Kier alpha value is -1.55. The van der Waals surface area contributed by atoms with Gasteiger partial charge in [-0.1, -0.05) is 39.0 Å². The SMILES string of the molecule is Cc1cccc(C(C)(C)C)c1NC(=O)NCCC1CCCN(C)C1. The molecule has 1 atom stereocenters. The first-order valence-corrected chi connectivity index (χ1v) is 9.11. The lowest BCUT2D eigenvalue weighted by Crippen LogP contribution is -2.36. The van der Waals surface area contributed by atoms with Crippen molar-refractivity contribution < 1.29 is 4.79 Å². The molecule has 134 valence electrons. The van der Waals surface area contributed by atoms with Crippen LogP contribution >= 0.6 is 0 Å². The average Bonchev–Trinajstić information content (AvgIpc) is 2.48. The molecule has 0 aliphatic carbocycles. The Bertz CT molecular complexity index is 562. The Morgan fingerprint density at radius 2 is 2.08 bits per heavy atom. The van der Waals surface area contributed by atoms with Crippen LogP contribution in [-0.4, -0.2) is 37.6 Å². The van der Waals surface area contributed by atoms with E-state index < -0.39 is 0 Å². The second-order valence-corrected chi connectivity index (χ2v) is 8.19. The minimum Gasteiger partial charge on any atom is -0.338 e. The summed E-state index contributed by atoms with van der Waals surface area (Å²) in [6.07, 6.45) is 3.60. The molecule has 2 amide bonds. The molecule has 1 fully saturated rings. The van der Waals surface area contributed by atoms with Crippen LogP contribution < -0.4 is 10.6 Å². The van der Waals surface area contributed by atoms with Gasteiger partial charge in [-0.05, 0) is 62.2 Å². The number of carbonyl (C=O) groups excluding carboxylic acids is 1. The fourth-order valence-electron chi connectivity index (χ4n) is 3.52. The van der Waals surface area contributed by atoms with Crippen LogP contribution in [0.15, 0.2) is 18.2 Å². The number of aryl methyl sites for hydroxylation is 1. The third-order valence-electron chi connectivity index (χ3n) is 4.88. The number of anilines is 1. The summed E-state index contributed by atoms with van der Waals surface area (Å²) in [7, 11) is 2.18. The standard InChI is InChI=1S/C20H33N3O/c1-15-8-6-10-17(20(2,3)4)18(15)22-19(24)21-12-11-16-9-7-13-23(5)14-16/h6,8,10,16H,7,9,11-14H2,1-5H3,(H2,21,22,24). The Balaban J connectivity index is 1.89. The number of piperidine rings is 1. The molecule has 0 bridgehead atoms. The molecule has 0 saturated carbocycles. The van der Waals surface area contributed by atoms with Gasteiger partial charge in [-0.25, -0.2) is 4.79 Å². The van der Waals surface area contributed by atoms with Gasteiger partial charge in [0.1, 0.15) is 0 Å². The van der Waals surface area contributed by atoms with Crippen LogP contribution in [0.1, 0.15) is 51.2 Å². The summed E-state index contributed by atoms with van der Waals surface area (Å²) >= 11 is 0. The third kappa shape index (κ3) is 5.23. The van der Waals surface area contributed by atoms with Crippen molar-refractivity contribution in [3.8, 4) is 0 Å². The zero-order valence-electron chi connectivity index (χ0n) is 15.9. The molecule has 1 aromatic carbocycles. The number of nitrogens with zero attached hydrogens (tertiary/aromatic N) is 1. The largest absolute Gasteiger partial charge is 0.338 e. The van der Waals surface area contributed by atoms with Gasteiger partial charge in [0, 0.05) is 18.8 Å². The zero-order chi connectivity index (χ0) is 17.7. The molecule has 2 N–H and O–H groups in total. The van der Waals surface area contributed by atoms with E-state index >= 15 is 0 Å². The van der Waals surface area contributed by atoms with Crippen molar-refractivity contribution in [1.82, 2.24) is 10.2 Å². The molecule has 0 spiro atoms. The molecule has 0 radical (unpaired) electrons. The highest BCUT2D eigenvalue weighted by molar-refractivity contribution is 5.91. The molecule has 1 saturated heterocycles. The third-order valence-corrected chi connectivity index (χ3v) is 4.88. The topological polar surface area (TPSA) is 44.4 Å². The highest BCUT2D eigenvalue weighted by atomic mass is 16.2. The van der Waals surface area contributed by atoms with E-state index in [1.807, 2.05) is 13.0 Å². The Morgan fingerprint density at radius 1 is 1.33 bits per heavy atom. The molecular formula is C20H33N3O. The predicted molar refractivity (Wildman–Crippen MR) is 102 cm³/mol. The van der Waals surface area contributed by atoms with Crippen molar-refractivity contribution in [3.63, 3.8) is 0 Å². The number of likely N-dealkylation sites (tertiary alicyclic amines) is 1. The monoisotopic (exact) mass is 331 g/mol. The number of hydrogen-bond donors (Lipinski definition) is 2. The van der Waals surface area contributed by atoms with Gasteiger partial charge in [-0.15, -0.1) is 0 Å². The van der Waals surface area contributed by atoms with Crippen molar-refractivity contribution in [2.24, 2.45) is 5.92 Å². The molecule has 1 aliphatic heterocycles. The molecule has 1 aromatic rings. The van der Waals surface area contributed by atoms with Crippen molar-refractivity contribution in [2.45, 2.75) is 52.4 Å². The molecule has 4 heteroatoms. The molecule has 24 heavy (non-hydrogen) atoms. The average molecular weight is 332 g/mol. The minimum atomic E-state index is -0.0982. The summed E-state index contributed by atoms with van der Waals surface area (Å²) in [5.41, 5.74) is 3.22. The highest BCUT2D eigenvalue weighted by Gasteiger charge is 2.21. The molecule has 4 nitrogen and oxygen atoms in total. The summed E-state index contributed by atoms with van der Waals surface area (Å²) in [5.74, 6) is 0.702. The first kappa shape index (κ1) is 18.8. The number of benzene rings is 1. The maximum atomic E-state index is 12.3. The Morgan fingerprint density at radius 3 is 2.75 bits per heavy atom. The quantitative estimate of drug-likeness (QED) is 0.870. The lowest BCUT2D eigenvalue weighted by Gasteiger charge is -2.29. The molecule has 1 aliphatic rings. The Labute approximate surface area is 147 Å². The summed E-state index contributed by atoms with van der Waals surface area (Å²) < 4.78 is 0. The lowest BCUT2D eigenvalue weighted by atomic mass is 9.84. The van der Waals surface area contributed by atoms with Crippen LogP contribution in [0.5, 0.6) is 0 Å². The summed E-state index contributed by atoms with van der Waals surface area (Å²) in [6, 6.07) is 6.10. The number of hydrogen-bond acceptors (Lipinski definition) is 2. The minimum absolute atomic E-state index is 0.00130. The van der Waals surface area contributed by atoms with Gasteiger partial charge >= 0.3 is 6.03 Å². The number of para-hydroxylation sites is 1. The fourth-order valence-corrected chi connectivity index (χ4v) is 3.52. The van der Waals surface area contributed by atoms with E-state index in [0.717, 1.165) is 30.8 Å². The van der Waals surface area contributed by atoms with Crippen molar-refractivity contribution in [2.75, 3.05) is 32.0 Å². The van der Waals surface area contributed by atoms with Crippen molar-refractivity contribution in [1.29, 1.82) is 0 Å². The molecular weight excluding hydrogens is 298 g/mol. The van der Waals surface area contributed by atoms with Crippen LogP contribution in [0.2, 0.25) is 0 Å². The molecule has 1 unspecified atom stereocenters. The van der Waals surface area contributed by atoms with Crippen LogP contribution in [0.4, 0.5) is 10.5 Å². The van der Waals surface area contributed by atoms with Gasteiger partial charge in [0.15, 0.2) is 0 Å². The van der Waals surface area contributed by atoms with E-state index in [4.69, 9.17) is 0 Å². The van der Waals surface area contributed by atoms with Gasteiger partial charge in [0.05, 0.1) is 0 Å². The van der Waals surface area contributed by atoms with Crippen LogP contribution in [-0.2, 0) is 5.41 Å². The number of rotatable bonds is 4.